The van der Waals surface area contributed by atoms with E-state index >= 15 is 0 Å². The maximum Gasteiger partial charge on any atom is 0.191 e. The summed E-state index contributed by atoms with van der Waals surface area (Å²) in [7, 11) is 0. The van der Waals surface area contributed by atoms with Gasteiger partial charge < -0.3 is 10.7 Å². The average molecular weight is 275 g/mol. The van der Waals surface area contributed by atoms with Gasteiger partial charge in [0.2, 0.25) is 0 Å². The van der Waals surface area contributed by atoms with Crippen molar-refractivity contribution in [2.45, 2.75) is 11.6 Å². The number of hydrazine groups is 1. The predicted molar refractivity (Wildman–Crippen MR) is 80.3 cm³/mol. The van der Waals surface area contributed by atoms with E-state index in [1.54, 1.807) is 6.07 Å². The Labute approximate surface area is 117 Å². The molecule has 19 heavy (non-hydrogen) atoms. The molecule has 0 fully saturated rings. The summed E-state index contributed by atoms with van der Waals surface area (Å²) < 4.78 is 0. The average Bonchev–Trinajstić information content (AvgIpc) is 2.48. The number of nitrogens with one attached hydrogen (secondary N) is 2. The lowest BCUT2D eigenvalue weighted by Crippen LogP contribution is -2.12. The Balaban J connectivity index is 1.95. The van der Waals surface area contributed by atoms with Crippen LogP contribution in [-0.4, -0.2) is 22.8 Å². The molecule has 0 atom stereocenters. The molecular weight excluding hydrogens is 258 g/mol. The van der Waals surface area contributed by atoms with Crippen LogP contribution in [0.25, 0.3) is 0 Å². The van der Waals surface area contributed by atoms with Crippen LogP contribution in [-0.2, 0) is 6.42 Å². The third-order valence-corrected chi connectivity index (χ3v) is 3.15. The maximum atomic E-state index is 5.38. The van der Waals surface area contributed by atoms with Gasteiger partial charge in [0.15, 0.2) is 5.16 Å². The van der Waals surface area contributed by atoms with Crippen LogP contribution in [0, 0.1) is 0 Å². The highest BCUT2D eigenvalue weighted by Gasteiger charge is 2.02. The van der Waals surface area contributed by atoms with Crippen LogP contribution < -0.4 is 16.6 Å². The summed E-state index contributed by atoms with van der Waals surface area (Å²) in [6, 6.07) is 12.1. The van der Waals surface area contributed by atoms with Crippen LogP contribution in [0.1, 0.15) is 5.56 Å². The zero-order valence-electron chi connectivity index (χ0n) is 10.8. The summed E-state index contributed by atoms with van der Waals surface area (Å²) in [5.41, 5.74) is 3.84. The molecule has 0 radical (unpaired) electrons. The minimum atomic E-state index is 0.613. The minimum Gasteiger partial charge on any atom is -0.370 e. The highest BCUT2D eigenvalue weighted by molar-refractivity contribution is 7.98. The molecule has 100 valence electrons. The van der Waals surface area contributed by atoms with Crippen molar-refractivity contribution in [3.63, 3.8) is 0 Å². The molecule has 0 aliphatic carbocycles. The summed E-state index contributed by atoms with van der Waals surface area (Å²) in [5, 5.41) is 3.97. The summed E-state index contributed by atoms with van der Waals surface area (Å²) in [6.07, 6.45) is 2.88. The number of nitrogen functional groups attached to an aromatic ring is 1. The number of nitrogens with zero attached hydrogens (tertiary/aromatic N) is 2. The van der Waals surface area contributed by atoms with Crippen LogP contribution in [0.2, 0.25) is 0 Å². The number of rotatable bonds is 6. The van der Waals surface area contributed by atoms with Crippen molar-refractivity contribution in [1.82, 2.24) is 9.97 Å². The Bertz CT molecular complexity index is 495. The first-order chi connectivity index (χ1) is 9.31. The predicted octanol–water partition coefficient (Wildman–Crippen LogP) is 2.14. The smallest absolute Gasteiger partial charge is 0.191 e. The van der Waals surface area contributed by atoms with Gasteiger partial charge in [0.1, 0.15) is 11.6 Å². The van der Waals surface area contributed by atoms with E-state index in [1.165, 1.54) is 17.3 Å². The first-order valence-electron chi connectivity index (χ1n) is 5.99. The fourth-order valence-corrected chi connectivity index (χ4v) is 2.04. The van der Waals surface area contributed by atoms with Crippen molar-refractivity contribution in [3.8, 4) is 0 Å². The van der Waals surface area contributed by atoms with Crippen LogP contribution in [0.15, 0.2) is 41.6 Å². The number of anilines is 2. The van der Waals surface area contributed by atoms with Gasteiger partial charge >= 0.3 is 0 Å². The van der Waals surface area contributed by atoms with Gasteiger partial charge in [0.25, 0.3) is 0 Å². The third kappa shape index (κ3) is 4.11. The van der Waals surface area contributed by atoms with Crippen molar-refractivity contribution in [1.29, 1.82) is 0 Å². The van der Waals surface area contributed by atoms with E-state index in [2.05, 4.69) is 32.8 Å². The number of hydrogen-bond donors (Lipinski definition) is 3. The molecule has 2 rings (SSSR count). The molecule has 2 aromatic rings. The van der Waals surface area contributed by atoms with Crippen molar-refractivity contribution in [3.05, 3.63) is 42.0 Å². The molecule has 0 amide bonds. The second-order valence-electron chi connectivity index (χ2n) is 3.93. The molecule has 1 aromatic heterocycles. The van der Waals surface area contributed by atoms with Crippen LogP contribution in [0.5, 0.6) is 0 Å². The molecule has 1 heterocycles. The standard InChI is InChI=1S/C13H17N5S/c1-19-13-16-11(9-12(17-13)18-14)15-8-7-10-5-3-2-4-6-10/h2-6,9H,7-8,14H2,1H3,(H2,15,16,17,18). The van der Waals surface area contributed by atoms with Gasteiger partial charge in [-0.2, -0.15) is 0 Å². The summed E-state index contributed by atoms with van der Waals surface area (Å²) in [4.78, 5) is 8.59. The fraction of sp³-hybridized carbons (Fsp3) is 0.231. The molecule has 5 nitrogen and oxygen atoms in total. The lowest BCUT2D eigenvalue weighted by atomic mass is 10.1. The SMILES string of the molecule is CSc1nc(NN)cc(NCCc2ccccc2)n1. The van der Waals surface area contributed by atoms with E-state index < -0.39 is 0 Å². The lowest BCUT2D eigenvalue weighted by molar-refractivity contribution is 0.939. The second kappa shape index (κ2) is 6.96. The monoisotopic (exact) mass is 275 g/mol. The topological polar surface area (TPSA) is 75.9 Å². The van der Waals surface area contributed by atoms with Gasteiger partial charge in [-0.15, -0.1) is 0 Å². The Morgan fingerprint density at radius 1 is 1.16 bits per heavy atom. The van der Waals surface area contributed by atoms with Gasteiger partial charge in [-0.1, -0.05) is 42.1 Å². The van der Waals surface area contributed by atoms with Crippen LogP contribution >= 0.6 is 11.8 Å². The summed E-state index contributed by atoms with van der Waals surface area (Å²) in [6.45, 7) is 0.818. The first kappa shape index (κ1) is 13.6. The molecule has 0 aliphatic rings. The number of nitrogens with two attached hydrogens (primary N) is 1. The number of thioether (sulfide) groups is 1. The van der Waals surface area contributed by atoms with Gasteiger partial charge in [0, 0.05) is 12.6 Å². The quantitative estimate of drug-likeness (QED) is 0.324. The van der Waals surface area contributed by atoms with E-state index in [0.29, 0.717) is 11.0 Å². The molecule has 6 heteroatoms. The Morgan fingerprint density at radius 3 is 2.58 bits per heavy atom. The molecular formula is C13H17N5S. The second-order valence-corrected chi connectivity index (χ2v) is 4.71. The zero-order valence-corrected chi connectivity index (χ0v) is 11.6. The van der Waals surface area contributed by atoms with Gasteiger partial charge in [0.05, 0.1) is 0 Å². The molecule has 0 saturated carbocycles. The number of aromatic nitrogens is 2. The van der Waals surface area contributed by atoms with Crippen molar-refractivity contribution in [2.24, 2.45) is 5.84 Å². The van der Waals surface area contributed by atoms with E-state index in [4.69, 9.17) is 5.84 Å². The molecule has 0 saturated heterocycles. The minimum absolute atomic E-state index is 0.613. The number of benzene rings is 1. The molecule has 0 bridgehead atoms. The van der Waals surface area contributed by atoms with Crippen LogP contribution in [0.4, 0.5) is 11.6 Å². The first-order valence-corrected chi connectivity index (χ1v) is 7.22. The van der Waals surface area contributed by atoms with Crippen molar-refractivity contribution in [2.75, 3.05) is 23.5 Å². The van der Waals surface area contributed by atoms with E-state index in [-0.39, 0.29) is 0 Å². The van der Waals surface area contributed by atoms with Gasteiger partial charge in [-0.05, 0) is 18.2 Å². The van der Waals surface area contributed by atoms with E-state index in [1.807, 2.05) is 24.5 Å². The fourth-order valence-electron chi connectivity index (χ4n) is 1.66. The Hall–Kier alpha value is -1.79. The van der Waals surface area contributed by atoms with Gasteiger partial charge in [-0.25, -0.2) is 15.8 Å². The zero-order chi connectivity index (χ0) is 13.5. The molecule has 0 aliphatic heterocycles. The lowest BCUT2D eigenvalue weighted by Gasteiger charge is -2.08. The van der Waals surface area contributed by atoms with Crippen molar-refractivity contribution >= 4 is 23.4 Å². The van der Waals surface area contributed by atoms with Crippen molar-refractivity contribution < 1.29 is 0 Å². The van der Waals surface area contributed by atoms with E-state index in [0.717, 1.165) is 18.8 Å². The summed E-state index contributed by atoms with van der Waals surface area (Å²) >= 11 is 1.48. The summed E-state index contributed by atoms with van der Waals surface area (Å²) in [5.74, 6) is 6.78. The largest absolute Gasteiger partial charge is 0.370 e. The highest BCUT2D eigenvalue weighted by Crippen LogP contribution is 2.16. The molecule has 0 unspecified atom stereocenters. The Morgan fingerprint density at radius 2 is 1.89 bits per heavy atom. The molecule has 4 N–H and O–H groups in total. The third-order valence-electron chi connectivity index (χ3n) is 2.60. The maximum absolute atomic E-state index is 5.38. The molecule has 1 aromatic carbocycles. The van der Waals surface area contributed by atoms with E-state index in [9.17, 15) is 0 Å². The van der Waals surface area contributed by atoms with Gasteiger partial charge in [-0.3, -0.25) is 0 Å². The molecule has 0 spiro atoms. The Kier molecular flexibility index (Phi) is 5.00. The highest BCUT2D eigenvalue weighted by atomic mass is 32.2. The number of hydrogen-bond acceptors (Lipinski definition) is 6. The normalized spacial score (nSPS) is 10.2. The van der Waals surface area contributed by atoms with Crippen LogP contribution in [0.3, 0.4) is 0 Å².